The maximum atomic E-state index is 13.2. The first-order valence-electron chi connectivity index (χ1n) is 21.0. The van der Waals surface area contributed by atoms with Gasteiger partial charge in [0.15, 0.2) is 0 Å². The summed E-state index contributed by atoms with van der Waals surface area (Å²) in [5.74, 6) is 0.0760. The average Bonchev–Trinajstić information content (AvgIpc) is 3.92. The third kappa shape index (κ3) is 8.86. The van der Waals surface area contributed by atoms with Crippen molar-refractivity contribution in [3.8, 4) is 0 Å². The quantitative estimate of drug-likeness (QED) is 0.120. The Kier molecular flexibility index (Phi) is 13.0. The number of aliphatic imine (C=N–C) groups is 3. The molecule has 0 aromatic heterocycles. The number of rotatable bonds is 14. The lowest BCUT2D eigenvalue weighted by molar-refractivity contribution is -0.142. The molecule has 3 atom stereocenters. The Hall–Kier alpha value is -4.82. The van der Waals surface area contributed by atoms with Crippen LogP contribution >= 0.6 is 0 Å². The van der Waals surface area contributed by atoms with Crippen LogP contribution in [0, 0.1) is 11.8 Å². The highest BCUT2D eigenvalue weighted by molar-refractivity contribution is 6.21. The zero-order chi connectivity index (χ0) is 41.1. The van der Waals surface area contributed by atoms with E-state index < -0.39 is 6.10 Å². The molecule has 1 saturated heterocycles. The van der Waals surface area contributed by atoms with Crippen molar-refractivity contribution in [3.63, 3.8) is 0 Å². The monoisotopic (exact) mass is 770 g/mol. The molecule has 8 heteroatoms. The third-order valence-corrected chi connectivity index (χ3v) is 12.2. The van der Waals surface area contributed by atoms with Crippen molar-refractivity contribution >= 4 is 23.1 Å². The molecule has 57 heavy (non-hydrogen) atoms. The van der Waals surface area contributed by atoms with Crippen LogP contribution in [0.4, 0.5) is 0 Å². The van der Waals surface area contributed by atoms with Crippen LogP contribution in [0.2, 0.25) is 0 Å². The molecule has 1 fully saturated rings. The second kappa shape index (κ2) is 17.8. The molecule has 0 unspecified atom stereocenters. The van der Waals surface area contributed by atoms with Gasteiger partial charge in [-0.15, -0.1) is 0 Å². The maximum absolute atomic E-state index is 13.2. The molecule has 8 bridgehead atoms. The van der Waals surface area contributed by atoms with Crippen molar-refractivity contribution in [1.82, 2.24) is 5.32 Å². The van der Waals surface area contributed by atoms with Gasteiger partial charge in [0.1, 0.15) is 12.4 Å². The first kappa shape index (κ1) is 41.8. The van der Waals surface area contributed by atoms with Crippen LogP contribution in [-0.4, -0.2) is 46.0 Å². The first-order valence-corrected chi connectivity index (χ1v) is 21.0. The average molecular weight is 771 g/mol. The lowest BCUT2D eigenvalue weighted by Crippen LogP contribution is -2.16. The Morgan fingerprint density at radius 3 is 2.25 bits per heavy atom. The SMILES string of the molecule is CCC1=C2C=C3N=C(C=C4N=C(C=C5NC(=C6CC(O)=C1C6=N2)[C@@H](CCC(=O)OCC=C(C)CCC=C(C)CCC=C(C)C)[C@@H]5C)C(C)=C4[C@@H](C)O)C(C)=C3CC. The molecular formula is C49H62N4O4. The number of hydrogen-bond acceptors (Lipinski definition) is 8. The molecule has 8 nitrogen and oxygen atoms in total. The number of nitrogens with zero attached hydrogens (tertiary/aromatic N) is 3. The smallest absolute Gasteiger partial charge is 0.306 e. The molecule has 302 valence electrons. The number of aliphatic hydroxyl groups excluding tert-OH is 2. The maximum Gasteiger partial charge on any atom is 0.306 e. The Bertz CT molecular complexity index is 2180. The first-order chi connectivity index (χ1) is 27.2. The van der Waals surface area contributed by atoms with Crippen molar-refractivity contribution in [2.45, 2.75) is 133 Å². The molecule has 6 aliphatic rings. The van der Waals surface area contributed by atoms with Gasteiger partial charge in [0.25, 0.3) is 0 Å². The van der Waals surface area contributed by atoms with Crippen LogP contribution in [0.25, 0.3) is 0 Å². The van der Waals surface area contributed by atoms with Crippen LogP contribution in [0.5, 0.6) is 0 Å². The van der Waals surface area contributed by atoms with E-state index in [9.17, 15) is 15.0 Å². The van der Waals surface area contributed by atoms with Gasteiger partial charge in [-0.3, -0.25) is 4.79 Å². The standard InChI is InChI=1S/C49H62N4O4/c1-11-34-30(7)38-25-43-46(33(10)54)32(9)40(51-43)24-39-31(8)36(19-20-45(56)57-22-21-29(6)18-14-17-28(5)16-13-15-27(3)4)48(52-39)37-23-44(55)47-35(12-2)42(53-49(37)47)26-41(34)50-38/h15,17,21,24-26,31,33,36,52,54-55H,11-14,16,18-20,22-23H2,1-10H3/t31-,33+,36-/m0/s1. The summed E-state index contributed by atoms with van der Waals surface area (Å²) in [5, 5.41) is 26.3. The van der Waals surface area contributed by atoms with E-state index in [0.29, 0.717) is 25.0 Å². The van der Waals surface area contributed by atoms with E-state index in [0.717, 1.165) is 117 Å². The molecule has 0 amide bonds. The fourth-order valence-corrected chi connectivity index (χ4v) is 8.86. The second-order valence-corrected chi connectivity index (χ2v) is 16.6. The van der Waals surface area contributed by atoms with Gasteiger partial charge < -0.3 is 20.3 Å². The molecule has 3 N–H and O–H groups in total. The molecule has 6 rings (SSSR count). The zero-order valence-electron chi connectivity index (χ0n) is 35.8. The number of fused-ring (bicyclic) bond motifs is 5. The number of hydrogen-bond donors (Lipinski definition) is 3. The number of allylic oxidation sites excluding steroid dienone is 16. The molecule has 5 heterocycles. The topological polar surface area (TPSA) is 116 Å². The summed E-state index contributed by atoms with van der Waals surface area (Å²) in [6.45, 7) is 21.1. The molecule has 1 aliphatic carbocycles. The Morgan fingerprint density at radius 1 is 0.895 bits per heavy atom. The van der Waals surface area contributed by atoms with Gasteiger partial charge in [-0.05, 0) is 140 Å². The summed E-state index contributed by atoms with van der Waals surface area (Å²) >= 11 is 0. The van der Waals surface area contributed by atoms with Crippen molar-refractivity contribution in [2.75, 3.05) is 6.61 Å². The number of nitrogens with one attached hydrogen (secondary N) is 1. The predicted octanol–water partition coefficient (Wildman–Crippen LogP) is 11.2. The third-order valence-electron chi connectivity index (χ3n) is 12.2. The fraction of sp³-hybridized carbons (Fsp3) is 0.469. The summed E-state index contributed by atoms with van der Waals surface area (Å²) in [7, 11) is 0. The van der Waals surface area contributed by atoms with Crippen LogP contribution in [0.1, 0.15) is 127 Å². The molecule has 0 spiro atoms. The number of carbonyl (C=O) groups excluding carboxylic acids is 1. The molecule has 0 radical (unpaired) electrons. The Labute approximate surface area is 340 Å². The molecular weight excluding hydrogens is 709 g/mol. The van der Waals surface area contributed by atoms with E-state index >= 15 is 0 Å². The minimum Gasteiger partial charge on any atom is -0.511 e. The van der Waals surface area contributed by atoms with Crippen molar-refractivity contribution in [3.05, 3.63) is 126 Å². The van der Waals surface area contributed by atoms with Gasteiger partial charge in [-0.2, -0.15) is 0 Å². The van der Waals surface area contributed by atoms with E-state index in [-0.39, 0.29) is 30.8 Å². The van der Waals surface area contributed by atoms with E-state index in [1.807, 2.05) is 19.1 Å². The molecule has 0 saturated carbocycles. The Balaban J connectivity index is 1.28. The van der Waals surface area contributed by atoms with Gasteiger partial charge in [-0.1, -0.05) is 49.6 Å². The van der Waals surface area contributed by atoms with E-state index in [1.54, 1.807) is 6.92 Å². The summed E-state index contributed by atoms with van der Waals surface area (Å²) in [5.41, 5.74) is 17.5. The van der Waals surface area contributed by atoms with Crippen LogP contribution in [-0.2, 0) is 9.53 Å². The number of aliphatic hydroxyl groups is 2. The minimum absolute atomic E-state index is 0.0150. The highest BCUT2D eigenvalue weighted by atomic mass is 16.5. The summed E-state index contributed by atoms with van der Waals surface area (Å²) in [6, 6.07) is 0. The second-order valence-electron chi connectivity index (χ2n) is 16.6. The zero-order valence-corrected chi connectivity index (χ0v) is 35.8. The van der Waals surface area contributed by atoms with Crippen molar-refractivity contribution < 1.29 is 19.7 Å². The summed E-state index contributed by atoms with van der Waals surface area (Å²) in [4.78, 5) is 28.7. The van der Waals surface area contributed by atoms with Gasteiger partial charge in [0, 0.05) is 52.8 Å². The van der Waals surface area contributed by atoms with Crippen molar-refractivity contribution in [2.24, 2.45) is 26.8 Å². The number of carbonyl (C=O) groups is 1. The fourth-order valence-electron chi connectivity index (χ4n) is 8.86. The summed E-state index contributed by atoms with van der Waals surface area (Å²) < 4.78 is 5.75. The van der Waals surface area contributed by atoms with E-state index in [2.05, 4.69) is 85.0 Å². The van der Waals surface area contributed by atoms with Gasteiger partial charge in [-0.25, -0.2) is 15.0 Å². The Morgan fingerprint density at radius 2 is 1.56 bits per heavy atom. The highest BCUT2D eigenvalue weighted by Crippen LogP contribution is 2.47. The van der Waals surface area contributed by atoms with Crippen LogP contribution in [0.15, 0.2) is 141 Å². The van der Waals surface area contributed by atoms with Crippen molar-refractivity contribution in [1.29, 1.82) is 0 Å². The number of esters is 1. The minimum atomic E-state index is -0.716. The largest absolute Gasteiger partial charge is 0.511 e. The predicted molar refractivity (Wildman–Crippen MR) is 234 cm³/mol. The van der Waals surface area contributed by atoms with E-state index in [4.69, 9.17) is 19.7 Å². The normalized spacial score (nSPS) is 22.5. The molecule has 0 aromatic carbocycles. The number of ether oxygens (including phenoxy) is 1. The van der Waals surface area contributed by atoms with Gasteiger partial charge in [0.05, 0.1) is 40.3 Å². The molecule has 5 aliphatic heterocycles. The lowest BCUT2D eigenvalue weighted by atomic mass is 9.86. The highest BCUT2D eigenvalue weighted by Gasteiger charge is 2.42. The van der Waals surface area contributed by atoms with E-state index in [1.165, 1.54) is 16.7 Å². The van der Waals surface area contributed by atoms with Gasteiger partial charge >= 0.3 is 5.97 Å². The summed E-state index contributed by atoms with van der Waals surface area (Å²) in [6.07, 6.45) is 18.9. The van der Waals surface area contributed by atoms with Gasteiger partial charge in [0.2, 0.25) is 0 Å². The lowest BCUT2D eigenvalue weighted by Gasteiger charge is -2.17. The van der Waals surface area contributed by atoms with Crippen LogP contribution < -0.4 is 5.32 Å². The molecule has 0 aromatic rings. The van der Waals surface area contributed by atoms with Crippen LogP contribution in [0.3, 0.4) is 0 Å².